The average Bonchev–Trinajstić information content (AvgIpc) is 2.45. The largest absolute Gasteiger partial charge is 0.461 e. The van der Waals surface area contributed by atoms with Gasteiger partial charge in [0.2, 0.25) is 0 Å². The molecule has 20 heavy (non-hydrogen) atoms. The Labute approximate surface area is 118 Å². The van der Waals surface area contributed by atoms with E-state index in [2.05, 4.69) is 13.2 Å². The topological polar surface area (TPSA) is 52.6 Å². The van der Waals surface area contributed by atoms with Crippen LogP contribution in [0.15, 0.2) is 49.6 Å². The molecule has 4 nitrogen and oxygen atoms in total. The second-order valence-electron chi connectivity index (χ2n) is 4.12. The number of hydrogen-bond donors (Lipinski definition) is 0. The molecule has 0 bridgehead atoms. The Kier molecular flexibility index (Phi) is 6.82. The van der Waals surface area contributed by atoms with Crippen molar-refractivity contribution in [2.45, 2.75) is 26.1 Å². The minimum Gasteiger partial charge on any atom is -0.461 e. The van der Waals surface area contributed by atoms with Crippen LogP contribution in [0, 0.1) is 0 Å². The molecule has 0 aliphatic rings. The van der Waals surface area contributed by atoms with Gasteiger partial charge in [-0.3, -0.25) is 9.59 Å². The van der Waals surface area contributed by atoms with E-state index < -0.39 is 0 Å². The van der Waals surface area contributed by atoms with E-state index in [1.165, 1.54) is 12.2 Å². The normalized spacial score (nSPS) is 9.60. The maximum absolute atomic E-state index is 11.2. The molecule has 0 saturated heterocycles. The summed E-state index contributed by atoms with van der Waals surface area (Å²) in [6.07, 6.45) is 3.42. The van der Waals surface area contributed by atoms with Gasteiger partial charge in [-0.25, -0.2) is 0 Å². The van der Waals surface area contributed by atoms with Gasteiger partial charge < -0.3 is 9.47 Å². The molecule has 4 heteroatoms. The zero-order chi connectivity index (χ0) is 14.8. The number of carbonyl (C=O) groups excluding carboxylic acids is 2. The van der Waals surface area contributed by atoms with E-state index >= 15 is 0 Å². The molecule has 1 rings (SSSR count). The molecule has 0 fully saturated rings. The molecule has 0 spiro atoms. The second-order valence-corrected chi connectivity index (χ2v) is 4.12. The predicted molar refractivity (Wildman–Crippen MR) is 75.7 cm³/mol. The Hall–Kier alpha value is -2.36. The van der Waals surface area contributed by atoms with E-state index in [0.717, 1.165) is 11.1 Å². The summed E-state index contributed by atoms with van der Waals surface area (Å²) < 4.78 is 10.1. The third-order valence-electron chi connectivity index (χ3n) is 2.44. The van der Waals surface area contributed by atoms with Crippen molar-refractivity contribution in [3.8, 4) is 0 Å². The molecule has 0 unspecified atom stereocenters. The van der Waals surface area contributed by atoms with Crippen LogP contribution in [0.3, 0.4) is 0 Å². The van der Waals surface area contributed by atoms with Gasteiger partial charge in [0.25, 0.3) is 0 Å². The number of carbonyl (C=O) groups is 2. The van der Waals surface area contributed by atoms with E-state index in [4.69, 9.17) is 9.47 Å². The van der Waals surface area contributed by atoms with E-state index in [-0.39, 0.29) is 38.0 Å². The molecule has 0 atom stereocenters. The quantitative estimate of drug-likeness (QED) is 0.540. The maximum atomic E-state index is 11.2. The van der Waals surface area contributed by atoms with Crippen LogP contribution in [-0.4, -0.2) is 11.9 Å². The van der Waals surface area contributed by atoms with Crippen LogP contribution < -0.4 is 0 Å². The number of benzene rings is 1. The van der Waals surface area contributed by atoms with Gasteiger partial charge in [0.15, 0.2) is 0 Å². The van der Waals surface area contributed by atoms with Crippen molar-refractivity contribution in [3.63, 3.8) is 0 Å². The third kappa shape index (κ3) is 6.00. The minimum atomic E-state index is -0.303. The summed E-state index contributed by atoms with van der Waals surface area (Å²) in [6.45, 7) is 7.38. The second kappa shape index (κ2) is 8.69. The summed E-state index contributed by atoms with van der Waals surface area (Å²) in [6, 6.07) is 7.32. The van der Waals surface area contributed by atoms with E-state index in [1.54, 1.807) is 0 Å². The molecule has 0 aromatic heterocycles. The van der Waals surface area contributed by atoms with Crippen LogP contribution in [0.1, 0.15) is 24.0 Å². The van der Waals surface area contributed by atoms with Crippen LogP contribution in [0.5, 0.6) is 0 Å². The minimum absolute atomic E-state index is 0.206. The molecule has 0 heterocycles. The van der Waals surface area contributed by atoms with Gasteiger partial charge in [0, 0.05) is 0 Å². The van der Waals surface area contributed by atoms with E-state index in [0.29, 0.717) is 0 Å². The number of hydrogen-bond acceptors (Lipinski definition) is 4. The van der Waals surface area contributed by atoms with Gasteiger partial charge in [-0.15, -0.1) is 13.2 Å². The molecule has 0 aliphatic carbocycles. The van der Waals surface area contributed by atoms with Crippen LogP contribution in [0.2, 0.25) is 0 Å². The lowest BCUT2D eigenvalue weighted by Crippen LogP contribution is -2.04. The lowest BCUT2D eigenvalue weighted by atomic mass is 10.1. The van der Waals surface area contributed by atoms with Gasteiger partial charge in [-0.05, 0) is 11.1 Å². The molecule has 0 saturated carbocycles. The molecule has 1 aromatic rings. The summed E-state index contributed by atoms with van der Waals surface area (Å²) in [5.41, 5.74) is 1.76. The van der Waals surface area contributed by atoms with Crippen molar-refractivity contribution in [2.75, 3.05) is 0 Å². The smallest absolute Gasteiger partial charge is 0.309 e. The summed E-state index contributed by atoms with van der Waals surface area (Å²) in [5, 5.41) is 0. The highest BCUT2D eigenvalue weighted by atomic mass is 16.5. The highest BCUT2D eigenvalue weighted by Crippen LogP contribution is 2.08. The molecule has 0 N–H and O–H groups in total. The Morgan fingerprint density at radius 1 is 0.850 bits per heavy atom. The molecule has 0 amide bonds. The van der Waals surface area contributed by atoms with Crippen molar-refractivity contribution in [3.05, 3.63) is 60.7 Å². The fourth-order valence-corrected chi connectivity index (χ4v) is 1.41. The average molecular weight is 274 g/mol. The van der Waals surface area contributed by atoms with Crippen LogP contribution in [-0.2, 0) is 32.3 Å². The number of rotatable bonds is 8. The van der Waals surface area contributed by atoms with Crippen molar-refractivity contribution in [1.82, 2.24) is 0 Å². The van der Waals surface area contributed by atoms with Crippen LogP contribution in [0.25, 0.3) is 0 Å². The molecular weight excluding hydrogens is 256 g/mol. The Bertz CT molecular complexity index is 429. The summed E-state index contributed by atoms with van der Waals surface area (Å²) >= 11 is 0. The van der Waals surface area contributed by atoms with Crippen molar-refractivity contribution >= 4 is 11.9 Å². The first kappa shape index (κ1) is 15.7. The monoisotopic (exact) mass is 274 g/mol. The lowest BCUT2D eigenvalue weighted by molar-refractivity contribution is -0.144. The highest BCUT2D eigenvalue weighted by Gasteiger charge is 2.03. The molecule has 0 radical (unpaired) electrons. The van der Waals surface area contributed by atoms with Crippen LogP contribution in [0.4, 0.5) is 0 Å². The standard InChI is InChI=1S/C16H18O4/c1-3-5-15(17)19-11-13-7-9-14(10-8-13)12-20-16(18)6-4-2/h3-4,7-10H,1-2,5-6,11-12H2. The Morgan fingerprint density at radius 2 is 1.20 bits per heavy atom. The van der Waals surface area contributed by atoms with Gasteiger partial charge in [-0.1, -0.05) is 36.4 Å². The maximum Gasteiger partial charge on any atom is 0.309 e. The first-order chi connectivity index (χ1) is 9.65. The SMILES string of the molecule is C=CCC(=O)OCc1ccc(COC(=O)CC=C)cc1. The predicted octanol–water partition coefficient (Wildman–Crippen LogP) is 2.93. The summed E-state index contributed by atoms with van der Waals surface area (Å²) in [4.78, 5) is 22.3. The zero-order valence-electron chi connectivity index (χ0n) is 11.3. The fraction of sp³-hybridized carbons (Fsp3) is 0.250. The molecule has 1 aromatic carbocycles. The molecule has 0 aliphatic heterocycles. The van der Waals surface area contributed by atoms with E-state index in [9.17, 15) is 9.59 Å². The number of ether oxygens (including phenoxy) is 2. The van der Waals surface area contributed by atoms with Crippen molar-refractivity contribution in [2.24, 2.45) is 0 Å². The first-order valence-corrected chi connectivity index (χ1v) is 6.26. The van der Waals surface area contributed by atoms with E-state index in [1.807, 2.05) is 24.3 Å². The third-order valence-corrected chi connectivity index (χ3v) is 2.44. The molecular formula is C16H18O4. The summed E-state index contributed by atoms with van der Waals surface area (Å²) in [5.74, 6) is -0.607. The highest BCUT2D eigenvalue weighted by molar-refractivity contribution is 5.71. The summed E-state index contributed by atoms with van der Waals surface area (Å²) in [7, 11) is 0. The van der Waals surface area contributed by atoms with Gasteiger partial charge >= 0.3 is 11.9 Å². The zero-order valence-corrected chi connectivity index (χ0v) is 11.3. The lowest BCUT2D eigenvalue weighted by Gasteiger charge is -2.06. The van der Waals surface area contributed by atoms with Gasteiger partial charge in [0.1, 0.15) is 13.2 Å². The number of esters is 2. The van der Waals surface area contributed by atoms with Crippen molar-refractivity contribution in [1.29, 1.82) is 0 Å². The van der Waals surface area contributed by atoms with Gasteiger partial charge in [0.05, 0.1) is 12.8 Å². The van der Waals surface area contributed by atoms with Crippen LogP contribution >= 0.6 is 0 Å². The van der Waals surface area contributed by atoms with Crippen molar-refractivity contribution < 1.29 is 19.1 Å². The Balaban J connectivity index is 2.40. The Morgan fingerprint density at radius 3 is 1.50 bits per heavy atom. The van der Waals surface area contributed by atoms with Gasteiger partial charge in [-0.2, -0.15) is 0 Å². The molecule has 106 valence electrons. The fourth-order valence-electron chi connectivity index (χ4n) is 1.41. The first-order valence-electron chi connectivity index (χ1n) is 6.26.